The van der Waals surface area contributed by atoms with Crippen molar-refractivity contribution in [2.75, 3.05) is 13.2 Å². The van der Waals surface area contributed by atoms with E-state index >= 15 is 16.8 Å². The molecule has 4 aromatic rings. The van der Waals surface area contributed by atoms with Crippen LogP contribution in [0.3, 0.4) is 0 Å². The predicted octanol–water partition coefficient (Wildman–Crippen LogP) is 11.5. The molecule has 10 nitrogen and oxygen atoms in total. The van der Waals surface area contributed by atoms with E-state index in [1.165, 1.54) is 8.61 Å². The Labute approximate surface area is 384 Å². The predicted molar refractivity (Wildman–Crippen MR) is 256 cm³/mol. The number of phenols is 2. The van der Waals surface area contributed by atoms with Gasteiger partial charge in [-0.05, 0) is 121 Å². The Balaban J connectivity index is 1.65. The Bertz CT molecular complexity index is 2480. The number of rotatable bonds is 7. The fourth-order valence-electron chi connectivity index (χ4n) is 9.61. The van der Waals surface area contributed by atoms with Gasteiger partial charge in [-0.1, -0.05) is 118 Å². The third kappa shape index (κ3) is 8.92. The van der Waals surface area contributed by atoms with E-state index in [1.54, 1.807) is 27.7 Å². The number of sulfonamides is 2. The highest BCUT2D eigenvalue weighted by Crippen LogP contribution is 2.53. The summed E-state index contributed by atoms with van der Waals surface area (Å²) in [6.45, 7) is 35.3. The van der Waals surface area contributed by atoms with Crippen LogP contribution in [0.15, 0.2) is 58.3 Å². The van der Waals surface area contributed by atoms with Gasteiger partial charge in [0.25, 0.3) is 0 Å². The lowest BCUT2D eigenvalue weighted by molar-refractivity contribution is 0.0649. The normalized spacial score (nSPS) is 21.0. The molecule has 2 saturated heterocycles. The van der Waals surface area contributed by atoms with Gasteiger partial charge < -0.3 is 19.7 Å². The van der Waals surface area contributed by atoms with Crippen LogP contribution in [0, 0.1) is 52.4 Å². The number of hydrogen-bond acceptors (Lipinski definition) is 8. The van der Waals surface area contributed by atoms with Gasteiger partial charge in [-0.25, -0.2) is 16.8 Å². The van der Waals surface area contributed by atoms with Crippen molar-refractivity contribution >= 4 is 20.0 Å². The van der Waals surface area contributed by atoms with Crippen molar-refractivity contribution in [3.05, 3.63) is 104 Å². The van der Waals surface area contributed by atoms with Crippen molar-refractivity contribution in [1.82, 2.24) is 8.61 Å². The average molecular weight is 917 g/mol. The molecule has 0 aliphatic carbocycles. The van der Waals surface area contributed by atoms with Crippen molar-refractivity contribution < 1.29 is 36.5 Å². The SMILES string of the molecule is Cc1cc(C)c(S(=O)(=O)N2[C@H](c3cc(C(C)(C)C)cc(-c4cc(C(C)(C)C)cc([C@@H]5OC[C@H](C(C)(C)C)N5S(=O)(=O)c5c(C)cc(C)cc5C)c4O)c3O)OC[C@@H]2C(C)(C)C)c(C)c1. The molecule has 64 heavy (non-hydrogen) atoms. The first kappa shape index (κ1) is 49.6. The maximum atomic E-state index is 15.2. The van der Waals surface area contributed by atoms with E-state index < -0.39 is 66.2 Å². The molecule has 2 fully saturated rings. The quantitative estimate of drug-likeness (QED) is 0.187. The third-order valence-electron chi connectivity index (χ3n) is 13.0. The Morgan fingerprint density at radius 2 is 0.766 bits per heavy atom. The van der Waals surface area contributed by atoms with Gasteiger partial charge in [-0.3, -0.25) is 0 Å². The topological polar surface area (TPSA) is 134 Å². The van der Waals surface area contributed by atoms with Crippen LogP contribution in [0.1, 0.15) is 151 Å². The molecule has 350 valence electrons. The molecule has 4 atom stereocenters. The molecule has 0 radical (unpaired) electrons. The largest absolute Gasteiger partial charge is 0.507 e. The lowest BCUT2D eigenvalue weighted by atomic mass is 9.80. The molecule has 2 aliphatic rings. The molecule has 0 aromatic heterocycles. The molecule has 0 bridgehead atoms. The lowest BCUT2D eigenvalue weighted by Crippen LogP contribution is -2.45. The number of benzene rings is 4. The minimum absolute atomic E-state index is 0.0823. The summed E-state index contributed by atoms with van der Waals surface area (Å²) in [5, 5.41) is 25.5. The first-order valence-corrected chi connectivity index (χ1v) is 25.2. The summed E-state index contributed by atoms with van der Waals surface area (Å²) in [6.07, 6.45) is -2.45. The molecule has 12 heteroatoms. The van der Waals surface area contributed by atoms with E-state index in [-0.39, 0.29) is 56.8 Å². The molecule has 4 aromatic carbocycles. The van der Waals surface area contributed by atoms with Gasteiger partial charge in [0.15, 0.2) is 12.5 Å². The van der Waals surface area contributed by atoms with Gasteiger partial charge >= 0.3 is 0 Å². The fourth-order valence-corrected chi connectivity index (χ4v) is 14.2. The monoisotopic (exact) mass is 916 g/mol. The van der Waals surface area contributed by atoms with Crippen LogP contribution >= 0.6 is 0 Å². The van der Waals surface area contributed by atoms with Gasteiger partial charge in [-0.2, -0.15) is 8.61 Å². The van der Waals surface area contributed by atoms with Crippen LogP contribution < -0.4 is 0 Å². The molecule has 0 saturated carbocycles. The van der Waals surface area contributed by atoms with Gasteiger partial charge in [-0.15, -0.1) is 0 Å². The van der Waals surface area contributed by atoms with E-state index in [2.05, 4.69) is 0 Å². The summed E-state index contributed by atoms with van der Waals surface area (Å²) in [5.74, 6) is -0.514. The molecule has 2 N–H and O–H groups in total. The van der Waals surface area contributed by atoms with Crippen molar-refractivity contribution in [2.45, 2.75) is 170 Å². The summed E-state index contributed by atoms with van der Waals surface area (Å²) in [6, 6.07) is 13.5. The van der Waals surface area contributed by atoms with E-state index in [0.717, 1.165) is 22.3 Å². The summed E-state index contributed by atoms with van der Waals surface area (Å²) in [5.41, 5.74) is 4.72. The average Bonchev–Trinajstić information content (AvgIpc) is 3.77. The molecule has 0 spiro atoms. The van der Waals surface area contributed by atoms with Gasteiger partial charge in [0.2, 0.25) is 20.0 Å². The van der Waals surface area contributed by atoms with Crippen LogP contribution in [-0.2, 0) is 40.4 Å². The van der Waals surface area contributed by atoms with Crippen LogP contribution in [0.5, 0.6) is 11.5 Å². The Morgan fingerprint density at radius 1 is 0.484 bits per heavy atom. The van der Waals surface area contributed by atoms with Crippen LogP contribution in [-0.4, -0.2) is 61.0 Å². The van der Waals surface area contributed by atoms with Crippen molar-refractivity contribution in [3.8, 4) is 22.6 Å². The maximum Gasteiger partial charge on any atom is 0.246 e. The zero-order valence-corrected chi connectivity index (χ0v) is 43.0. The molecule has 6 rings (SSSR count). The van der Waals surface area contributed by atoms with Gasteiger partial charge in [0.05, 0.1) is 35.1 Å². The number of ether oxygens (including phenoxy) is 2. The summed E-state index contributed by atoms with van der Waals surface area (Å²) < 4.78 is 76.8. The summed E-state index contributed by atoms with van der Waals surface area (Å²) >= 11 is 0. The minimum atomic E-state index is -4.24. The van der Waals surface area contributed by atoms with E-state index in [9.17, 15) is 10.2 Å². The molecular formula is C52H72N2O8S2. The van der Waals surface area contributed by atoms with E-state index in [0.29, 0.717) is 22.3 Å². The zero-order valence-electron chi connectivity index (χ0n) is 41.4. The van der Waals surface area contributed by atoms with Gasteiger partial charge in [0.1, 0.15) is 11.5 Å². The van der Waals surface area contributed by atoms with E-state index in [1.807, 2.05) is 145 Å². The Hall–Kier alpha value is -3.78. The third-order valence-corrected chi connectivity index (χ3v) is 17.3. The van der Waals surface area contributed by atoms with Crippen LogP contribution in [0.25, 0.3) is 11.1 Å². The molecule has 0 amide bonds. The number of nitrogens with zero attached hydrogens (tertiary/aromatic N) is 2. The van der Waals surface area contributed by atoms with Gasteiger partial charge in [0, 0.05) is 22.3 Å². The highest BCUT2D eigenvalue weighted by molar-refractivity contribution is 7.89. The Kier molecular flexibility index (Phi) is 12.8. The number of phenolic OH excluding ortho intramolecular Hbond substituents is 2. The second kappa shape index (κ2) is 16.5. The highest BCUT2D eigenvalue weighted by atomic mass is 32.2. The van der Waals surface area contributed by atoms with Crippen LogP contribution in [0.2, 0.25) is 0 Å². The maximum absolute atomic E-state index is 15.2. The molecule has 2 heterocycles. The minimum Gasteiger partial charge on any atom is -0.507 e. The molecule has 0 unspecified atom stereocenters. The smallest absolute Gasteiger partial charge is 0.246 e. The van der Waals surface area contributed by atoms with Crippen molar-refractivity contribution in [1.29, 1.82) is 0 Å². The summed E-state index contributed by atoms with van der Waals surface area (Å²) in [7, 11) is -8.48. The van der Waals surface area contributed by atoms with Crippen molar-refractivity contribution in [3.63, 3.8) is 0 Å². The number of aromatic hydroxyl groups is 2. The summed E-state index contributed by atoms with van der Waals surface area (Å²) in [4.78, 5) is 0.408. The fraction of sp³-hybridized carbons (Fsp3) is 0.538. The zero-order chi connectivity index (χ0) is 48.2. The van der Waals surface area contributed by atoms with Crippen LogP contribution in [0.4, 0.5) is 0 Å². The Morgan fingerprint density at radius 3 is 1.02 bits per heavy atom. The van der Waals surface area contributed by atoms with E-state index in [4.69, 9.17) is 9.47 Å². The molecular weight excluding hydrogens is 845 g/mol. The van der Waals surface area contributed by atoms with Crippen molar-refractivity contribution in [2.24, 2.45) is 10.8 Å². The number of aryl methyl sites for hydroxylation is 6. The lowest BCUT2D eigenvalue weighted by Gasteiger charge is -2.36. The first-order valence-electron chi connectivity index (χ1n) is 22.3. The standard InChI is InChI=1S/C52H72N2O8S2/c1-29-19-31(3)45(32(4)20-29)63(57,58)53-41(51(13,14)15)27-61-47(53)39-25-35(49(7,8)9)23-37(43(39)55)38-24-36(50(10,11)12)26-40(44(38)56)48-54(42(28-62-48)52(16,17)18)64(59,60)46-33(5)21-30(2)22-34(46)6/h19-26,41-42,47-48,55-56H,27-28H2,1-18H3/t41-,42-,47+,48+/m1/s1. The number of hydrogen-bond donors (Lipinski definition) is 2. The first-order chi connectivity index (χ1) is 29.1. The second-order valence-electron chi connectivity index (χ2n) is 22.7. The molecule has 2 aliphatic heterocycles. The highest BCUT2D eigenvalue weighted by Gasteiger charge is 2.52. The second-order valence-corrected chi connectivity index (χ2v) is 26.2.